The van der Waals surface area contributed by atoms with Crippen LogP contribution in [-0.2, 0) is 11.2 Å². The van der Waals surface area contributed by atoms with E-state index < -0.39 is 11.6 Å². The Morgan fingerprint density at radius 1 is 1.03 bits per heavy atom. The van der Waals surface area contributed by atoms with Gasteiger partial charge in [0.25, 0.3) is 5.91 Å². The van der Waals surface area contributed by atoms with Crippen molar-refractivity contribution in [2.75, 3.05) is 25.0 Å². The van der Waals surface area contributed by atoms with Crippen LogP contribution in [0.25, 0.3) is 11.1 Å². The molecule has 0 aromatic heterocycles. The standard InChI is InChI=1S/C27H30N2O4/c30-24(31)20-14-19-2-1-11-28-23(19)21(15-20)17-3-5-18(6-4-17)22-16-26(22)9-12-29(13-10-26)25(32)27(33)7-8-27/h3-6,14-15,22,28,33H,1-2,7-13,16H2,(H,30,31)/t22-/m1/s1. The summed E-state index contributed by atoms with van der Waals surface area (Å²) in [4.78, 5) is 26.0. The van der Waals surface area contributed by atoms with Gasteiger partial charge in [-0.2, -0.15) is 0 Å². The Morgan fingerprint density at radius 2 is 1.76 bits per heavy atom. The fraction of sp³-hybridized carbons (Fsp3) is 0.481. The molecule has 33 heavy (non-hydrogen) atoms. The average Bonchev–Trinajstić information content (AvgIpc) is 3.76. The molecule has 2 heterocycles. The summed E-state index contributed by atoms with van der Waals surface area (Å²) < 4.78 is 0. The molecule has 4 aliphatic rings. The number of rotatable bonds is 4. The second kappa shape index (κ2) is 7.32. The Morgan fingerprint density at radius 3 is 2.42 bits per heavy atom. The minimum Gasteiger partial charge on any atom is -0.478 e. The molecule has 2 saturated carbocycles. The normalized spacial score (nSPS) is 24.0. The number of amides is 1. The van der Waals surface area contributed by atoms with Crippen molar-refractivity contribution in [1.29, 1.82) is 0 Å². The zero-order valence-corrected chi connectivity index (χ0v) is 18.8. The molecule has 6 nitrogen and oxygen atoms in total. The lowest BCUT2D eigenvalue weighted by molar-refractivity contribution is -0.144. The molecule has 6 heteroatoms. The third kappa shape index (κ3) is 3.52. The number of carbonyl (C=O) groups excluding carboxylic acids is 1. The van der Waals surface area contributed by atoms with E-state index in [2.05, 4.69) is 29.6 Å². The molecule has 0 unspecified atom stereocenters. The molecule has 1 amide bonds. The number of aryl methyl sites for hydroxylation is 1. The molecule has 2 aliphatic heterocycles. The number of fused-ring (bicyclic) bond motifs is 1. The van der Waals surface area contributed by atoms with E-state index in [-0.39, 0.29) is 11.3 Å². The van der Waals surface area contributed by atoms with Crippen LogP contribution in [0.15, 0.2) is 36.4 Å². The van der Waals surface area contributed by atoms with Gasteiger partial charge < -0.3 is 20.4 Å². The fourth-order valence-electron chi connectivity index (χ4n) is 6.00. The number of carboxylic acids is 1. The number of aliphatic hydroxyl groups is 1. The van der Waals surface area contributed by atoms with Crippen molar-refractivity contribution in [3.05, 3.63) is 53.1 Å². The van der Waals surface area contributed by atoms with Gasteiger partial charge in [0, 0.05) is 30.9 Å². The fourth-order valence-corrected chi connectivity index (χ4v) is 6.00. The van der Waals surface area contributed by atoms with E-state index in [0.29, 0.717) is 24.3 Å². The Labute approximate surface area is 193 Å². The summed E-state index contributed by atoms with van der Waals surface area (Å²) in [5.41, 5.74) is 5.05. The van der Waals surface area contributed by atoms with Gasteiger partial charge in [-0.25, -0.2) is 4.79 Å². The number of nitrogens with one attached hydrogen (secondary N) is 1. The van der Waals surface area contributed by atoms with Crippen molar-refractivity contribution in [3.8, 4) is 11.1 Å². The second-order valence-electron chi connectivity index (χ2n) is 10.5. The number of hydrogen-bond acceptors (Lipinski definition) is 4. The number of hydrogen-bond donors (Lipinski definition) is 3. The van der Waals surface area contributed by atoms with Gasteiger partial charge in [0.15, 0.2) is 0 Å². The Kier molecular flexibility index (Phi) is 4.60. The summed E-state index contributed by atoms with van der Waals surface area (Å²) in [5, 5.41) is 23.2. The van der Waals surface area contributed by atoms with Crippen molar-refractivity contribution in [1.82, 2.24) is 4.90 Å². The smallest absolute Gasteiger partial charge is 0.335 e. The molecule has 3 N–H and O–H groups in total. The quantitative estimate of drug-likeness (QED) is 0.660. The van der Waals surface area contributed by atoms with Gasteiger partial charge in [-0.15, -0.1) is 0 Å². The highest BCUT2D eigenvalue weighted by molar-refractivity contribution is 5.93. The third-order valence-electron chi connectivity index (χ3n) is 8.37. The number of aromatic carboxylic acids is 1. The van der Waals surface area contributed by atoms with E-state index in [1.807, 2.05) is 4.90 Å². The summed E-state index contributed by atoms with van der Waals surface area (Å²) in [6.07, 6.45) is 6.28. The Hall–Kier alpha value is -2.86. The van der Waals surface area contributed by atoms with Crippen LogP contribution < -0.4 is 5.32 Å². The largest absolute Gasteiger partial charge is 0.478 e. The minimum atomic E-state index is -1.06. The van der Waals surface area contributed by atoms with Crippen molar-refractivity contribution >= 4 is 17.6 Å². The van der Waals surface area contributed by atoms with Crippen LogP contribution in [-0.4, -0.2) is 52.2 Å². The van der Waals surface area contributed by atoms with Gasteiger partial charge in [0.1, 0.15) is 5.60 Å². The van der Waals surface area contributed by atoms with Gasteiger partial charge in [0.05, 0.1) is 5.56 Å². The second-order valence-corrected chi connectivity index (χ2v) is 10.5. The summed E-state index contributed by atoms with van der Waals surface area (Å²) >= 11 is 0. The zero-order valence-electron chi connectivity index (χ0n) is 18.8. The molecule has 6 rings (SSSR count). The number of carboxylic acid groups (broad SMARTS) is 1. The predicted molar refractivity (Wildman–Crippen MR) is 125 cm³/mol. The van der Waals surface area contributed by atoms with Crippen molar-refractivity contribution in [2.24, 2.45) is 5.41 Å². The van der Waals surface area contributed by atoms with Gasteiger partial charge >= 0.3 is 5.97 Å². The Bertz CT molecular complexity index is 1130. The molecule has 1 saturated heterocycles. The first-order valence-electron chi connectivity index (χ1n) is 12.1. The van der Waals surface area contributed by atoms with E-state index in [1.54, 1.807) is 12.1 Å². The molecule has 3 fully saturated rings. The molecular formula is C27H30N2O4. The highest BCUT2D eigenvalue weighted by Gasteiger charge is 2.57. The molecule has 0 radical (unpaired) electrons. The van der Waals surface area contributed by atoms with E-state index in [9.17, 15) is 19.8 Å². The lowest BCUT2D eigenvalue weighted by Gasteiger charge is -2.34. The number of benzene rings is 2. The van der Waals surface area contributed by atoms with Crippen molar-refractivity contribution in [3.63, 3.8) is 0 Å². The molecule has 1 atom stereocenters. The monoisotopic (exact) mass is 446 g/mol. The summed E-state index contributed by atoms with van der Waals surface area (Å²) in [6, 6.07) is 12.2. The molecule has 1 spiro atoms. The van der Waals surface area contributed by atoms with Crippen molar-refractivity contribution < 1.29 is 19.8 Å². The Balaban J connectivity index is 1.19. The molecule has 2 aromatic rings. The summed E-state index contributed by atoms with van der Waals surface area (Å²) in [5.74, 6) is -0.440. The van der Waals surface area contributed by atoms with Crippen molar-refractivity contribution in [2.45, 2.75) is 56.5 Å². The maximum atomic E-state index is 12.4. The SMILES string of the molecule is O=C(O)c1cc2c(c(-c3ccc([C@H]4CC45CCN(C(=O)C4(O)CC4)CC5)cc3)c1)NCCC2. The van der Waals surface area contributed by atoms with Crippen LogP contribution in [0.3, 0.4) is 0 Å². The minimum absolute atomic E-state index is 0.0700. The molecule has 0 bridgehead atoms. The van der Waals surface area contributed by atoms with Gasteiger partial charge in [-0.1, -0.05) is 24.3 Å². The first-order chi connectivity index (χ1) is 15.9. The van der Waals surface area contributed by atoms with E-state index >= 15 is 0 Å². The number of anilines is 1. The number of likely N-dealkylation sites (tertiary alicyclic amines) is 1. The third-order valence-corrected chi connectivity index (χ3v) is 8.37. The predicted octanol–water partition coefficient (Wildman–Crippen LogP) is 4.03. The van der Waals surface area contributed by atoms with Crippen LogP contribution in [0.1, 0.15) is 65.9 Å². The maximum absolute atomic E-state index is 12.4. The van der Waals surface area contributed by atoms with E-state index in [1.165, 1.54) is 5.56 Å². The van der Waals surface area contributed by atoms with Crippen LogP contribution in [0, 0.1) is 5.41 Å². The van der Waals surface area contributed by atoms with Gasteiger partial charge in [-0.05, 0) is 85.1 Å². The number of piperidine rings is 1. The highest BCUT2D eigenvalue weighted by atomic mass is 16.4. The molecular weight excluding hydrogens is 416 g/mol. The van der Waals surface area contributed by atoms with Gasteiger partial charge in [0.2, 0.25) is 0 Å². The summed E-state index contributed by atoms with van der Waals surface area (Å²) in [7, 11) is 0. The van der Waals surface area contributed by atoms with Crippen LogP contribution in [0.5, 0.6) is 0 Å². The molecule has 172 valence electrons. The summed E-state index contributed by atoms with van der Waals surface area (Å²) in [6.45, 7) is 2.40. The topological polar surface area (TPSA) is 89.9 Å². The average molecular weight is 447 g/mol. The first-order valence-corrected chi connectivity index (χ1v) is 12.1. The molecule has 2 aliphatic carbocycles. The maximum Gasteiger partial charge on any atom is 0.335 e. The lowest BCUT2D eigenvalue weighted by atomic mass is 9.87. The number of nitrogens with zero attached hydrogens (tertiary/aromatic N) is 1. The van der Waals surface area contributed by atoms with E-state index in [4.69, 9.17) is 0 Å². The van der Waals surface area contributed by atoms with E-state index in [0.717, 1.165) is 74.1 Å². The molecule has 2 aromatic carbocycles. The number of carbonyl (C=O) groups is 2. The lowest BCUT2D eigenvalue weighted by Crippen LogP contribution is -2.45. The van der Waals surface area contributed by atoms with Crippen LogP contribution in [0.4, 0.5) is 5.69 Å². The zero-order chi connectivity index (χ0) is 22.8. The highest BCUT2D eigenvalue weighted by Crippen LogP contribution is 2.65. The van der Waals surface area contributed by atoms with Crippen LogP contribution >= 0.6 is 0 Å². The van der Waals surface area contributed by atoms with Gasteiger partial charge in [-0.3, -0.25) is 4.79 Å². The first kappa shape index (κ1) is 20.7. The van der Waals surface area contributed by atoms with Crippen LogP contribution in [0.2, 0.25) is 0 Å².